The first-order chi connectivity index (χ1) is 11.7. The van der Waals surface area contributed by atoms with Gasteiger partial charge in [0.15, 0.2) is 5.69 Å². The lowest BCUT2D eigenvalue weighted by atomic mass is 10.2. The van der Waals surface area contributed by atoms with E-state index < -0.39 is 0 Å². The van der Waals surface area contributed by atoms with E-state index in [-0.39, 0.29) is 0 Å². The molecule has 0 saturated carbocycles. The average Bonchev–Trinajstić information content (AvgIpc) is 2.88. The number of hydrogen-bond donors (Lipinski definition) is 1. The molecule has 0 aliphatic heterocycles. The minimum absolute atomic E-state index is 0.309. The van der Waals surface area contributed by atoms with Gasteiger partial charge in [0.25, 0.3) is 0 Å². The van der Waals surface area contributed by atoms with Gasteiger partial charge in [-0.2, -0.15) is 10.4 Å². The first kappa shape index (κ1) is 15.7. The van der Waals surface area contributed by atoms with Crippen molar-refractivity contribution in [3.63, 3.8) is 0 Å². The molecule has 0 saturated heterocycles. The summed E-state index contributed by atoms with van der Waals surface area (Å²) in [5, 5.41) is 16.6. The number of rotatable bonds is 5. The molecule has 2 heterocycles. The van der Waals surface area contributed by atoms with Crippen LogP contribution in [0.4, 0.5) is 5.82 Å². The zero-order valence-corrected chi connectivity index (χ0v) is 13.7. The van der Waals surface area contributed by atoms with Crippen LogP contribution in [0.5, 0.6) is 0 Å². The molecule has 0 radical (unpaired) electrons. The molecule has 24 heavy (non-hydrogen) atoms. The fourth-order valence-corrected chi connectivity index (χ4v) is 2.56. The number of anilines is 1. The summed E-state index contributed by atoms with van der Waals surface area (Å²) in [7, 11) is 0. The minimum atomic E-state index is 0.309. The Bertz CT molecular complexity index is 859. The van der Waals surface area contributed by atoms with Crippen LogP contribution < -0.4 is 5.32 Å². The van der Waals surface area contributed by atoms with Crippen molar-refractivity contribution in [2.24, 2.45) is 0 Å². The van der Waals surface area contributed by atoms with Gasteiger partial charge in [-0.15, -0.1) is 0 Å². The number of nitriles is 1. The van der Waals surface area contributed by atoms with E-state index in [1.807, 2.05) is 35.9 Å². The molecule has 1 aromatic carbocycles. The molecule has 0 aliphatic carbocycles. The van der Waals surface area contributed by atoms with Gasteiger partial charge in [-0.05, 0) is 19.4 Å². The van der Waals surface area contributed by atoms with Crippen LogP contribution in [0.3, 0.4) is 0 Å². The maximum absolute atomic E-state index is 8.75. The summed E-state index contributed by atoms with van der Waals surface area (Å²) in [4.78, 5) is 8.18. The van der Waals surface area contributed by atoms with E-state index in [4.69, 9.17) is 5.26 Å². The SMILES string of the molecule is Cc1nn(Cc2ccccc2)c(C)c1CNc1cnc(C#N)cn1. The van der Waals surface area contributed by atoms with Gasteiger partial charge < -0.3 is 5.32 Å². The molecule has 0 bridgehead atoms. The number of nitrogens with zero attached hydrogens (tertiary/aromatic N) is 5. The summed E-state index contributed by atoms with van der Waals surface area (Å²) < 4.78 is 2.02. The Hall–Kier alpha value is -3.20. The Labute approximate surface area is 140 Å². The van der Waals surface area contributed by atoms with Gasteiger partial charge in [0.2, 0.25) is 0 Å². The molecule has 3 rings (SSSR count). The smallest absolute Gasteiger partial charge is 0.158 e. The maximum atomic E-state index is 8.75. The van der Waals surface area contributed by atoms with E-state index in [9.17, 15) is 0 Å². The van der Waals surface area contributed by atoms with Crippen molar-refractivity contribution in [2.75, 3.05) is 5.32 Å². The van der Waals surface area contributed by atoms with Gasteiger partial charge in [0.05, 0.1) is 24.6 Å². The van der Waals surface area contributed by atoms with Gasteiger partial charge in [-0.3, -0.25) is 4.68 Å². The number of nitrogens with one attached hydrogen (secondary N) is 1. The molecule has 120 valence electrons. The Morgan fingerprint density at radius 3 is 2.58 bits per heavy atom. The Balaban J connectivity index is 1.73. The third kappa shape index (κ3) is 3.41. The van der Waals surface area contributed by atoms with Crippen LogP contribution in [0.15, 0.2) is 42.7 Å². The summed E-state index contributed by atoms with van der Waals surface area (Å²) in [6.45, 7) is 5.46. The van der Waals surface area contributed by atoms with Crippen molar-refractivity contribution >= 4 is 5.82 Å². The predicted molar refractivity (Wildman–Crippen MR) is 91.3 cm³/mol. The van der Waals surface area contributed by atoms with Crippen LogP contribution in [0.1, 0.15) is 28.2 Å². The molecular formula is C18H18N6. The fourth-order valence-electron chi connectivity index (χ4n) is 2.56. The molecule has 2 aromatic heterocycles. The maximum Gasteiger partial charge on any atom is 0.158 e. The zero-order chi connectivity index (χ0) is 16.9. The lowest BCUT2D eigenvalue weighted by molar-refractivity contribution is 0.658. The lowest BCUT2D eigenvalue weighted by Crippen LogP contribution is -2.06. The molecule has 0 aliphatic rings. The number of hydrogen-bond acceptors (Lipinski definition) is 5. The van der Waals surface area contributed by atoms with Crippen molar-refractivity contribution in [3.8, 4) is 6.07 Å². The third-order valence-electron chi connectivity index (χ3n) is 3.92. The largest absolute Gasteiger partial charge is 0.365 e. The van der Waals surface area contributed by atoms with E-state index in [2.05, 4.69) is 39.4 Å². The summed E-state index contributed by atoms with van der Waals surface area (Å²) in [5.41, 5.74) is 4.81. The second-order valence-corrected chi connectivity index (χ2v) is 5.54. The molecule has 3 aromatic rings. The summed E-state index contributed by atoms with van der Waals surface area (Å²) >= 11 is 0. The standard InChI is InChI=1S/C18H18N6/c1-13-17(10-22-18-11-20-16(8-19)9-21-18)14(2)24(23-13)12-15-6-4-3-5-7-15/h3-7,9,11H,10,12H2,1-2H3,(H,21,22). The summed E-state index contributed by atoms with van der Waals surface area (Å²) in [6.07, 6.45) is 3.03. The molecule has 6 nitrogen and oxygen atoms in total. The van der Waals surface area contributed by atoms with Crippen molar-refractivity contribution in [1.29, 1.82) is 5.26 Å². The first-order valence-corrected chi connectivity index (χ1v) is 7.70. The Morgan fingerprint density at radius 1 is 1.12 bits per heavy atom. The van der Waals surface area contributed by atoms with E-state index in [0.717, 1.165) is 23.5 Å². The number of aryl methyl sites for hydroxylation is 1. The van der Waals surface area contributed by atoms with Gasteiger partial charge >= 0.3 is 0 Å². The summed E-state index contributed by atoms with van der Waals surface area (Å²) in [5.74, 6) is 0.642. The third-order valence-corrected chi connectivity index (χ3v) is 3.92. The van der Waals surface area contributed by atoms with Crippen LogP contribution in [-0.2, 0) is 13.1 Å². The quantitative estimate of drug-likeness (QED) is 0.782. The monoisotopic (exact) mass is 318 g/mol. The second kappa shape index (κ2) is 6.92. The van der Waals surface area contributed by atoms with Crippen molar-refractivity contribution in [1.82, 2.24) is 19.7 Å². The van der Waals surface area contributed by atoms with E-state index in [0.29, 0.717) is 18.1 Å². The Morgan fingerprint density at radius 2 is 1.92 bits per heavy atom. The zero-order valence-electron chi connectivity index (χ0n) is 13.7. The lowest BCUT2D eigenvalue weighted by Gasteiger charge is -2.07. The molecule has 0 amide bonds. The van der Waals surface area contributed by atoms with Crippen LogP contribution >= 0.6 is 0 Å². The van der Waals surface area contributed by atoms with Crippen LogP contribution in [0, 0.1) is 25.2 Å². The molecule has 0 unspecified atom stereocenters. The van der Waals surface area contributed by atoms with Crippen LogP contribution in [-0.4, -0.2) is 19.7 Å². The van der Waals surface area contributed by atoms with E-state index >= 15 is 0 Å². The van der Waals surface area contributed by atoms with Gasteiger partial charge in [0, 0.05) is 17.8 Å². The minimum Gasteiger partial charge on any atom is -0.365 e. The highest BCUT2D eigenvalue weighted by Gasteiger charge is 2.12. The normalized spacial score (nSPS) is 10.4. The highest BCUT2D eigenvalue weighted by molar-refractivity contribution is 5.36. The molecule has 0 atom stereocenters. The summed E-state index contributed by atoms with van der Waals surface area (Å²) in [6, 6.07) is 12.2. The van der Waals surface area contributed by atoms with Gasteiger partial charge in [-0.25, -0.2) is 9.97 Å². The second-order valence-electron chi connectivity index (χ2n) is 5.54. The molecule has 1 N–H and O–H groups in total. The highest BCUT2D eigenvalue weighted by Crippen LogP contribution is 2.16. The van der Waals surface area contributed by atoms with Crippen LogP contribution in [0.25, 0.3) is 0 Å². The Kier molecular flexibility index (Phi) is 4.52. The number of benzene rings is 1. The van der Waals surface area contributed by atoms with Crippen LogP contribution in [0.2, 0.25) is 0 Å². The van der Waals surface area contributed by atoms with E-state index in [1.54, 1.807) is 6.20 Å². The fraction of sp³-hybridized carbons (Fsp3) is 0.222. The van der Waals surface area contributed by atoms with Crippen molar-refractivity contribution in [2.45, 2.75) is 26.9 Å². The first-order valence-electron chi connectivity index (χ1n) is 7.70. The van der Waals surface area contributed by atoms with Gasteiger partial charge in [0.1, 0.15) is 11.9 Å². The molecular weight excluding hydrogens is 300 g/mol. The highest BCUT2D eigenvalue weighted by atomic mass is 15.3. The average molecular weight is 318 g/mol. The predicted octanol–water partition coefficient (Wildman–Crippen LogP) is 2.82. The van der Waals surface area contributed by atoms with Crippen molar-refractivity contribution < 1.29 is 0 Å². The van der Waals surface area contributed by atoms with Gasteiger partial charge in [-0.1, -0.05) is 30.3 Å². The van der Waals surface area contributed by atoms with Crippen molar-refractivity contribution in [3.05, 3.63) is 70.9 Å². The number of aromatic nitrogens is 4. The molecule has 6 heteroatoms. The van der Waals surface area contributed by atoms with E-state index in [1.165, 1.54) is 11.8 Å². The molecule has 0 spiro atoms. The topological polar surface area (TPSA) is 79.4 Å². The molecule has 0 fully saturated rings.